The minimum atomic E-state index is 0.472. The molecule has 1 unspecified atom stereocenters. The van der Waals surface area contributed by atoms with E-state index in [9.17, 15) is 0 Å². The van der Waals surface area contributed by atoms with Crippen LogP contribution in [0.4, 0.5) is 0 Å². The van der Waals surface area contributed by atoms with E-state index < -0.39 is 0 Å². The summed E-state index contributed by atoms with van der Waals surface area (Å²) in [6.07, 6.45) is 18.1. The van der Waals surface area contributed by atoms with Gasteiger partial charge >= 0.3 is 0 Å². The smallest absolute Gasteiger partial charge is 0.0276 e. The lowest BCUT2D eigenvalue weighted by molar-refractivity contribution is -0.0468. The molecule has 4 aliphatic carbocycles. The molecule has 0 saturated heterocycles. The predicted octanol–water partition coefficient (Wildman–Crippen LogP) is 8.10. The highest BCUT2D eigenvalue weighted by Gasteiger charge is 2.58. The number of hydrogen-bond acceptors (Lipinski definition) is 1. The maximum Gasteiger partial charge on any atom is 0.0276 e. The summed E-state index contributed by atoms with van der Waals surface area (Å²) in [6.45, 7) is 12.7. The van der Waals surface area contributed by atoms with Gasteiger partial charge in [-0.15, -0.1) is 0 Å². The second kappa shape index (κ2) is 8.16. The maximum atomic E-state index is 4.58. The van der Waals surface area contributed by atoms with Gasteiger partial charge in [0.2, 0.25) is 0 Å². The third-order valence-corrected chi connectivity index (χ3v) is 10.5. The zero-order chi connectivity index (χ0) is 20.8. The Hall–Kier alpha value is -0.590. The average molecular weight is 398 g/mol. The maximum absolute atomic E-state index is 4.58. The van der Waals surface area contributed by atoms with Gasteiger partial charge in [-0.1, -0.05) is 65.5 Å². The van der Waals surface area contributed by atoms with Crippen LogP contribution < -0.4 is 0 Å². The van der Waals surface area contributed by atoms with Crippen LogP contribution in [0, 0.1) is 46.3 Å². The first-order valence-electron chi connectivity index (χ1n) is 12.9. The highest BCUT2D eigenvalue weighted by molar-refractivity contribution is 5.88. The fraction of sp³-hybridized carbons (Fsp3) is 0.893. The quantitative estimate of drug-likeness (QED) is 0.415. The Morgan fingerprint density at radius 3 is 2.55 bits per heavy atom. The fourth-order valence-electron chi connectivity index (χ4n) is 8.70. The van der Waals surface area contributed by atoms with E-state index in [1.54, 1.807) is 5.57 Å². The van der Waals surface area contributed by atoms with Gasteiger partial charge in [0.05, 0.1) is 0 Å². The van der Waals surface area contributed by atoms with Crippen molar-refractivity contribution in [1.82, 2.24) is 0 Å². The molecule has 4 rings (SSSR count). The first kappa shape index (κ1) is 21.6. The number of allylic oxidation sites excluding steroid dienone is 2. The van der Waals surface area contributed by atoms with Gasteiger partial charge in [-0.05, 0) is 91.3 Å². The second-order valence-electron chi connectivity index (χ2n) is 12.3. The van der Waals surface area contributed by atoms with Crippen LogP contribution in [0.1, 0.15) is 105 Å². The van der Waals surface area contributed by atoms with Gasteiger partial charge in [0.25, 0.3) is 0 Å². The average Bonchev–Trinajstić information content (AvgIpc) is 3.04. The minimum absolute atomic E-state index is 0.472. The molecule has 7 atom stereocenters. The van der Waals surface area contributed by atoms with E-state index in [0.29, 0.717) is 10.8 Å². The summed E-state index contributed by atoms with van der Waals surface area (Å²) in [5, 5.41) is 0. The van der Waals surface area contributed by atoms with Gasteiger partial charge < -0.3 is 0 Å². The Morgan fingerprint density at radius 2 is 1.83 bits per heavy atom. The molecule has 0 aromatic carbocycles. The van der Waals surface area contributed by atoms with Crippen molar-refractivity contribution in [2.24, 2.45) is 51.3 Å². The zero-order valence-corrected chi connectivity index (χ0v) is 20.3. The topological polar surface area (TPSA) is 12.4 Å². The van der Waals surface area contributed by atoms with Gasteiger partial charge in [0.15, 0.2) is 0 Å². The number of fused-ring (bicyclic) bond motifs is 5. The van der Waals surface area contributed by atoms with Crippen LogP contribution >= 0.6 is 0 Å². The van der Waals surface area contributed by atoms with E-state index in [0.717, 1.165) is 35.5 Å². The molecule has 4 aliphatic rings. The lowest BCUT2D eigenvalue weighted by Crippen LogP contribution is -2.50. The summed E-state index contributed by atoms with van der Waals surface area (Å²) in [5.74, 6) is 5.63. The van der Waals surface area contributed by atoms with E-state index in [2.05, 4.69) is 45.7 Å². The molecular weight excluding hydrogens is 350 g/mol. The molecule has 1 nitrogen and oxygen atoms in total. The Kier molecular flexibility index (Phi) is 6.09. The van der Waals surface area contributed by atoms with E-state index in [-0.39, 0.29) is 0 Å². The molecular formula is C28H47N. The largest absolute Gasteiger partial charge is 0.297 e. The SMILES string of the molecule is CN=C1CC[C@@]2(C)C(=CC[C@H]3C4CC[C@H]([C@H](C)CCCC(C)C)[C@@]4(C)CC[C@@H]32)C1. The highest BCUT2D eigenvalue weighted by Crippen LogP contribution is 2.67. The second-order valence-corrected chi connectivity index (χ2v) is 12.3. The molecule has 0 N–H and O–H groups in total. The van der Waals surface area contributed by atoms with Gasteiger partial charge in [0.1, 0.15) is 0 Å². The zero-order valence-electron chi connectivity index (χ0n) is 20.3. The summed E-state index contributed by atoms with van der Waals surface area (Å²) in [5.41, 5.74) is 4.29. The van der Waals surface area contributed by atoms with Crippen molar-refractivity contribution in [2.45, 2.75) is 105 Å². The van der Waals surface area contributed by atoms with Crippen molar-refractivity contribution in [3.8, 4) is 0 Å². The van der Waals surface area contributed by atoms with E-state index in [4.69, 9.17) is 0 Å². The van der Waals surface area contributed by atoms with Crippen LogP contribution in [0.15, 0.2) is 16.6 Å². The van der Waals surface area contributed by atoms with Crippen LogP contribution in [-0.2, 0) is 0 Å². The Balaban J connectivity index is 1.50. The van der Waals surface area contributed by atoms with Gasteiger partial charge in [-0.2, -0.15) is 0 Å². The molecule has 0 bridgehead atoms. The molecule has 0 amide bonds. The van der Waals surface area contributed by atoms with Crippen molar-refractivity contribution < 1.29 is 0 Å². The van der Waals surface area contributed by atoms with Gasteiger partial charge in [-0.3, -0.25) is 4.99 Å². The monoisotopic (exact) mass is 397 g/mol. The summed E-state index contributed by atoms with van der Waals surface area (Å²) < 4.78 is 0. The number of nitrogens with zero attached hydrogens (tertiary/aromatic N) is 1. The Bertz CT molecular complexity index is 657. The normalized spacial score (nSPS) is 44.2. The van der Waals surface area contributed by atoms with Crippen LogP contribution in [0.2, 0.25) is 0 Å². The van der Waals surface area contributed by atoms with Crippen molar-refractivity contribution in [3.63, 3.8) is 0 Å². The molecule has 0 radical (unpaired) electrons. The molecule has 0 heterocycles. The Labute approximate surface area is 181 Å². The molecule has 1 heteroatoms. The molecule has 164 valence electrons. The van der Waals surface area contributed by atoms with Gasteiger partial charge in [0, 0.05) is 19.2 Å². The third kappa shape index (κ3) is 3.67. The predicted molar refractivity (Wildman–Crippen MR) is 126 cm³/mol. The number of hydrogen-bond donors (Lipinski definition) is 0. The highest BCUT2D eigenvalue weighted by atomic mass is 14.7. The van der Waals surface area contributed by atoms with E-state index in [1.165, 1.54) is 76.3 Å². The van der Waals surface area contributed by atoms with Crippen molar-refractivity contribution in [3.05, 3.63) is 11.6 Å². The lowest BCUT2D eigenvalue weighted by Gasteiger charge is -2.58. The standard InChI is InChI=1S/C28H47N/c1-19(2)8-7-9-20(3)24-12-13-25-23-11-10-21-18-22(29-6)14-16-27(21,4)26(23)15-17-28(24,25)5/h10,19-20,23-26H,7-9,11-18H2,1-6H3/t20-,23+,24-,25?,26+,27+,28-/m1/s1. The fourth-order valence-corrected chi connectivity index (χ4v) is 8.70. The molecule has 0 aromatic heterocycles. The molecule has 0 spiro atoms. The molecule has 0 aliphatic heterocycles. The van der Waals surface area contributed by atoms with E-state index >= 15 is 0 Å². The first-order valence-corrected chi connectivity index (χ1v) is 12.9. The Morgan fingerprint density at radius 1 is 1.03 bits per heavy atom. The number of aliphatic imine (C=N–C) groups is 1. The summed E-state index contributed by atoms with van der Waals surface area (Å²) in [6, 6.07) is 0. The molecule has 3 fully saturated rings. The molecule has 3 saturated carbocycles. The first-order chi connectivity index (χ1) is 13.8. The molecule has 29 heavy (non-hydrogen) atoms. The van der Waals surface area contributed by atoms with Crippen LogP contribution in [0.3, 0.4) is 0 Å². The summed E-state index contributed by atoms with van der Waals surface area (Å²) in [7, 11) is 2.00. The lowest BCUT2D eigenvalue weighted by atomic mass is 9.47. The summed E-state index contributed by atoms with van der Waals surface area (Å²) >= 11 is 0. The van der Waals surface area contributed by atoms with Crippen LogP contribution in [0.5, 0.6) is 0 Å². The molecule has 0 aromatic rings. The van der Waals surface area contributed by atoms with Crippen molar-refractivity contribution in [1.29, 1.82) is 0 Å². The van der Waals surface area contributed by atoms with Crippen LogP contribution in [-0.4, -0.2) is 12.8 Å². The van der Waals surface area contributed by atoms with Crippen LogP contribution in [0.25, 0.3) is 0 Å². The number of rotatable bonds is 5. The van der Waals surface area contributed by atoms with Crippen molar-refractivity contribution >= 4 is 5.71 Å². The third-order valence-electron chi connectivity index (χ3n) is 10.5. The minimum Gasteiger partial charge on any atom is -0.297 e. The van der Waals surface area contributed by atoms with Gasteiger partial charge in [-0.25, -0.2) is 0 Å². The van der Waals surface area contributed by atoms with E-state index in [1.807, 2.05) is 7.05 Å². The van der Waals surface area contributed by atoms with Crippen molar-refractivity contribution in [2.75, 3.05) is 7.05 Å². The summed E-state index contributed by atoms with van der Waals surface area (Å²) in [4.78, 5) is 4.58.